The number of amides is 1. The van der Waals surface area contributed by atoms with Gasteiger partial charge in [0, 0.05) is 36.0 Å². The number of carbonyl (C=O) groups is 1. The maximum absolute atomic E-state index is 13.0. The fraction of sp³-hybridized carbons (Fsp3) is 0.412. The molecule has 0 radical (unpaired) electrons. The summed E-state index contributed by atoms with van der Waals surface area (Å²) in [5, 5.41) is 4.24. The highest BCUT2D eigenvalue weighted by Crippen LogP contribution is 2.37. The van der Waals surface area contributed by atoms with Crippen LogP contribution in [0, 0.1) is 0 Å². The van der Waals surface area contributed by atoms with Gasteiger partial charge in [-0.05, 0) is 25.0 Å². The lowest BCUT2D eigenvalue weighted by Crippen LogP contribution is -2.43. The second-order valence-corrected chi connectivity index (χ2v) is 7.06. The van der Waals surface area contributed by atoms with Gasteiger partial charge in [-0.3, -0.25) is 9.48 Å². The average Bonchev–Trinajstić information content (AvgIpc) is 3.22. The van der Waals surface area contributed by atoms with Gasteiger partial charge >= 0.3 is 0 Å². The second-order valence-electron chi connectivity index (χ2n) is 6.00. The average molecular weight is 329 g/mol. The first kappa shape index (κ1) is 14.6. The van der Waals surface area contributed by atoms with Crippen LogP contribution in [0.25, 0.3) is 0 Å². The van der Waals surface area contributed by atoms with Gasteiger partial charge < -0.3 is 9.64 Å². The number of likely N-dealkylation sites (tertiary alicyclic amines) is 1. The zero-order chi connectivity index (χ0) is 15.8. The molecule has 0 spiro atoms. The Kier molecular flexibility index (Phi) is 3.77. The predicted molar refractivity (Wildman–Crippen MR) is 88.5 cm³/mol. The second kappa shape index (κ2) is 5.92. The fourth-order valence-corrected chi connectivity index (χ4v) is 4.29. The summed E-state index contributed by atoms with van der Waals surface area (Å²) < 4.78 is 7.75. The molecule has 2 atom stereocenters. The highest BCUT2D eigenvalue weighted by Gasteiger charge is 2.37. The Balaban J connectivity index is 1.52. The van der Waals surface area contributed by atoms with E-state index >= 15 is 0 Å². The summed E-state index contributed by atoms with van der Waals surface area (Å²) in [7, 11) is 1.91. The number of para-hydroxylation sites is 1. The maximum atomic E-state index is 13.0. The van der Waals surface area contributed by atoms with Crippen LogP contribution in [0.5, 0.6) is 5.75 Å². The number of ether oxygens (including phenoxy) is 1. The van der Waals surface area contributed by atoms with Crippen molar-refractivity contribution in [2.45, 2.75) is 29.9 Å². The van der Waals surface area contributed by atoms with E-state index in [0.717, 1.165) is 35.6 Å². The van der Waals surface area contributed by atoms with Crippen molar-refractivity contribution in [3.05, 3.63) is 42.2 Å². The molecule has 0 N–H and O–H groups in total. The zero-order valence-corrected chi connectivity index (χ0v) is 13.8. The highest BCUT2D eigenvalue weighted by molar-refractivity contribution is 7.99. The van der Waals surface area contributed by atoms with Crippen molar-refractivity contribution in [1.82, 2.24) is 14.7 Å². The van der Waals surface area contributed by atoms with Crippen LogP contribution in [0.15, 0.2) is 41.6 Å². The third kappa shape index (κ3) is 2.72. The molecule has 2 aliphatic heterocycles. The topological polar surface area (TPSA) is 47.4 Å². The Morgan fingerprint density at radius 1 is 1.39 bits per heavy atom. The van der Waals surface area contributed by atoms with Crippen LogP contribution in [0.1, 0.15) is 24.4 Å². The number of nitrogens with zero attached hydrogens (tertiary/aromatic N) is 3. The molecule has 3 heterocycles. The number of hydrogen-bond donors (Lipinski definition) is 0. The molecular formula is C17H19N3O2S. The maximum Gasteiger partial charge on any atom is 0.265 e. The summed E-state index contributed by atoms with van der Waals surface area (Å²) in [6.07, 6.45) is 5.49. The number of rotatable bonds is 2. The first-order chi connectivity index (χ1) is 11.2. The van der Waals surface area contributed by atoms with Crippen LogP contribution < -0.4 is 4.74 Å². The molecule has 23 heavy (non-hydrogen) atoms. The molecule has 2 unspecified atom stereocenters. The van der Waals surface area contributed by atoms with Crippen molar-refractivity contribution in [1.29, 1.82) is 0 Å². The van der Waals surface area contributed by atoms with Gasteiger partial charge in [-0.25, -0.2) is 0 Å². The monoisotopic (exact) mass is 329 g/mol. The van der Waals surface area contributed by atoms with E-state index in [2.05, 4.69) is 5.10 Å². The molecule has 2 aliphatic rings. The van der Waals surface area contributed by atoms with Crippen molar-refractivity contribution in [2.24, 2.45) is 7.05 Å². The van der Waals surface area contributed by atoms with E-state index in [9.17, 15) is 4.79 Å². The lowest BCUT2D eigenvalue weighted by atomic mass is 10.1. The van der Waals surface area contributed by atoms with Crippen molar-refractivity contribution in [3.8, 4) is 5.75 Å². The van der Waals surface area contributed by atoms with Gasteiger partial charge in [0.15, 0.2) is 6.10 Å². The molecule has 2 aromatic rings. The first-order valence-corrected chi connectivity index (χ1v) is 8.88. The minimum absolute atomic E-state index is 0.0957. The van der Waals surface area contributed by atoms with Crippen molar-refractivity contribution in [3.63, 3.8) is 0 Å². The van der Waals surface area contributed by atoms with E-state index < -0.39 is 6.10 Å². The van der Waals surface area contributed by atoms with Crippen molar-refractivity contribution in [2.75, 3.05) is 12.3 Å². The fourth-order valence-electron chi connectivity index (χ4n) is 3.32. The third-order valence-corrected chi connectivity index (χ3v) is 5.55. The largest absolute Gasteiger partial charge is 0.479 e. The summed E-state index contributed by atoms with van der Waals surface area (Å²) in [4.78, 5) is 16.0. The van der Waals surface area contributed by atoms with E-state index in [1.54, 1.807) is 16.4 Å². The molecule has 0 saturated carbocycles. The summed E-state index contributed by atoms with van der Waals surface area (Å²) in [5.74, 6) is 1.59. The van der Waals surface area contributed by atoms with Gasteiger partial charge in [-0.1, -0.05) is 12.1 Å². The predicted octanol–water partition coefficient (Wildman–Crippen LogP) is 2.64. The lowest BCUT2D eigenvalue weighted by molar-refractivity contribution is -0.138. The number of fused-ring (bicyclic) bond motifs is 1. The van der Waals surface area contributed by atoms with Crippen LogP contribution in [0.3, 0.4) is 0 Å². The first-order valence-electron chi connectivity index (χ1n) is 7.90. The molecule has 1 amide bonds. The van der Waals surface area contributed by atoms with Gasteiger partial charge in [-0.15, -0.1) is 11.8 Å². The van der Waals surface area contributed by atoms with Crippen LogP contribution in [-0.4, -0.2) is 39.0 Å². The number of thioether (sulfide) groups is 1. The SMILES string of the molecule is Cn1cc(C2CCCN2C(=O)C2CSc3ccccc3O2)cn1. The molecule has 1 aromatic carbocycles. The van der Waals surface area contributed by atoms with Crippen LogP contribution in [-0.2, 0) is 11.8 Å². The smallest absolute Gasteiger partial charge is 0.265 e. The van der Waals surface area contributed by atoms with Crippen LogP contribution in [0.2, 0.25) is 0 Å². The quantitative estimate of drug-likeness (QED) is 0.850. The molecule has 1 saturated heterocycles. The summed E-state index contributed by atoms with van der Waals surface area (Å²) in [6.45, 7) is 0.796. The Bertz CT molecular complexity index is 730. The molecule has 1 fully saturated rings. The number of carbonyl (C=O) groups excluding carboxylic acids is 1. The Morgan fingerprint density at radius 2 is 2.26 bits per heavy atom. The molecule has 0 bridgehead atoms. The normalized spacial score (nSPS) is 23.4. The summed E-state index contributed by atoms with van der Waals surface area (Å²) in [6, 6.07) is 8.04. The van der Waals surface area contributed by atoms with E-state index in [-0.39, 0.29) is 11.9 Å². The van der Waals surface area contributed by atoms with E-state index in [1.165, 1.54) is 0 Å². The molecule has 1 aromatic heterocycles. The summed E-state index contributed by atoms with van der Waals surface area (Å²) >= 11 is 1.70. The van der Waals surface area contributed by atoms with Gasteiger partial charge in [0.2, 0.25) is 0 Å². The zero-order valence-electron chi connectivity index (χ0n) is 13.0. The number of aryl methyl sites for hydroxylation is 1. The van der Waals surface area contributed by atoms with E-state index in [1.807, 2.05) is 48.6 Å². The van der Waals surface area contributed by atoms with Crippen molar-refractivity contribution >= 4 is 17.7 Å². The molecule has 5 nitrogen and oxygen atoms in total. The molecule has 4 rings (SSSR count). The molecule has 0 aliphatic carbocycles. The highest BCUT2D eigenvalue weighted by atomic mass is 32.2. The minimum atomic E-state index is -0.396. The number of aromatic nitrogens is 2. The van der Waals surface area contributed by atoms with Crippen LogP contribution >= 0.6 is 11.8 Å². The van der Waals surface area contributed by atoms with Gasteiger partial charge in [0.1, 0.15) is 5.75 Å². The molecule has 120 valence electrons. The number of hydrogen-bond acceptors (Lipinski definition) is 4. The Hall–Kier alpha value is -1.95. The van der Waals surface area contributed by atoms with Gasteiger partial charge in [0.05, 0.1) is 12.2 Å². The van der Waals surface area contributed by atoms with E-state index in [0.29, 0.717) is 5.75 Å². The van der Waals surface area contributed by atoms with Gasteiger partial charge in [-0.2, -0.15) is 5.10 Å². The third-order valence-electron chi connectivity index (χ3n) is 4.43. The van der Waals surface area contributed by atoms with Gasteiger partial charge in [0.25, 0.3) is 5.91 Å². The lowest BCUT2D eigenvalue weighted by Gasteiger charge is -2.31. The van der Waals surface area contributed by atoms with Crippen LogP contribution in [0.4, 0.5) is 0 Å². The molecular weight excluding hydrogens is 310 g/mol. The molecule has 6 heteroatoms. The standard InChI is InChI=1S/C17H19N3O2S/c1-19-10-12(9-18-19)13-5-4-8-20(13)17(21)15-11-23-16-7-3-2-6-14(16)22-15/h2-3,6-7,9-10,13,15H,4-5,8,11H2,1H3. The minimum Gasteiger partial charge on any atom is -0.479 e. The summed E-state index contributed by atoms with van der Waals surface area (Å²) in [5.41, 5.74) is 1.11. The number of benzene rings is 1. The van der Waals surface area contributed by atoms with Crippen molar-refractivity contribution < 1.29 is 9.53 Å². The Morgan fingerprint density at radius 3 is 3.09 bits per heavy atom. The van der Waals surface area contributed by atoms with E-state index in [4.69, 9.17) is 4.74 Å². The Labute approximate surface area is 139 Å².